The summed E-state index contributed by atoms with van der Waals surface area (Å²) in [5, 5.41) is 10.2. The van der Waals surface area contributed by atoms with Gasteiger partial charge in [0, 0.05) is 20.1 Å². The fraction of sp³-hybridized carbons (Fsp3) is 0.357. The molecule has 9 heteroatoms. The first kappa shape index (κ1) is 16.9. The molecule has 1 amide bonds. The smallest absolute Gasteiger partial charge is 0.339 e. The number of hydrogen-bond donors (Lipinski definition) is 1. The summed E-state index contributed by atoms with van der Waals surface area (Å²) < 4.78 is 40.0. The van der Waals surface area contributed by atoms with E-state index >= 15 is 0 Å². The molecule has 2 aromatic rings. The van der Waals surface area contributed by atoms with E-state index in [-0.39, 0.29) is 11.4 Å². The molecule has 0 unspecified atom stereocenters. The van der Waals surface area contributed by atoms with Crippen LogP contribution in [0.2, 0.25) is 0 Å². The Labute approximate surface area is 130 Å². The van der Waals surface area contributed by atoms with E-state index in [1.807, 2.05) is 0 Å². The molecule has 0 radical (unpaired) electrons. The Kier molecular flexibility index (Phi) is 4.99. The predicted molar refractivity (Wildman–Crippen MR) is 77.2 cm³/mol. The third-order valence-corrected chi connectivity index (χ3v) is 3.21. The fourth-order valence-corrected chi connectivity index (χ4v) is 1.97. The minimum Gasteiger partial charge on any atom is -0.339 e. The van der Waals surface area contributed by atoms with Gasteiger partial charge in [-0.15, -0.1) is 5.10 Å². The van der Waals surface area contributed by atoms with Gasteiger partial charge in [-0.05, 0) is 19.2 Å². The van der Waals surface area contributed by atoms with E-state index in [1.54, 1.807) is 14.1 Å². The summed E-state index contributed by atoms with van der Waals surface area (Å²) in [7, 11) is 3.34. The largest absolute Gasteiger partial charge is 0.418 e. The highest BCUT2D eigenvalue weighted by Gasteiger charge is 2.34. The molecule has 0 fully saturated rings. The first-order valence-corrected chi connectivity index (χ1v) is 6.83. The van der Waals surface area contributed by atoms with Gasteiger partial charge in [-0.3, -0.25) is 4.79 Å². The summed E-state index contributed by atoms with van der Waals surface area (Å²) in [5.74, 6) is -0.406. The van der Waals surface area contributed by atoms with Gasteiger partial charge in [-0.25, -0.2) is 4.68 Å². The molecule has 0 atom stereocenters. The minimum atomic E-state index is -4.52. The molecule has 0 aliphatic carbocycles. The average molecular weight is 327 g/mol. The topological polar surface area (TPSA) is 63.1 Å². The van der Waals surface area contributed by atoms with E-state index in [2.05, 4.69) is 15.6 Å². The summed E-state index contributed by atoms with van der Waals surface area (Å²) in [4.78, 5) is 13.6. The van der Waals surface area contributed by atoms with Gasteiger partial charge in [0.05, 0.1) is 17.4 Å². The van der Waals surface area contributed by atoms with Crippen molar-refractivity contribution in [3.63, 3.8) is 0 Å². The van der Waals surface area contributed by atoms with Crippen molar-refractivity contribution in [3.05, 3.63) is 41.7 Å². The number of carbonyl (C=O) groups is 1. The van der Waals surface area contributed by atoms with Crippen molar-refractivity contribution in [1.29, 1.82) is 0 Å². The lowest BCUT2D eigenvalue weighted by Crippen LogP contribution is -2.33. The molecule has 124 valence electrons. The molecular weight excluding hydrogens is 311 g/mol. The number of carbonyl (C=O) groups excluding carboxylic acids is 1. The van der Waals surface area contributed by atoms with E-state index in [1.165, 1.54) is 29.3 Å². The summed E-state index contributed by atoms with van der Waals surface area (Å²) in [6, 6.07) is 4.99. The van der Waals surface area contributed by atoms with Crippen LogP contribution in [0, 0.1) is 0 Å². The number of halogens is 3. The highest BCUT2D eigenvalue weighted by atomic mass is 19.4. The van der Waals surface area contributed by atoms with Crippen LogP contribution in [0.25, 0.3) is 5.69 Å². The molecule has 1 aromatic carbocycles. The van der Waals surface area contributed by atoms with E-state index in [0.717, 1.165) is 10.7 Å². The number of amides is 1. The van der Waals surface area contributed by atoms with Gasteiger partial charge >= 0.3 is 6.18 Å². The second-order valence-electron chi connectivity index (χ2n) is 4.89. The van der Waals surface area contributed by atoms with Crippen LogP contribution in [0.3, 0.4) is 0 Å². The normalized spacial score (nSPS) is 11.5. The molecular formula is C14H16F3N5O. The number of aromatic nitrogens is 3. The van der Waals surface area contributed by atoms with E-state index in [9.17, 15) is 18.0 Å². The third-order valence-electron chi connectivity index (χ3n) is 3.21. The maximum atomic E-state index is 13.0. The molecule has 1 aromatic heterocycles. The van der Waals surface area contributed by atoms with E-state index < -0.39 is 17.6 Å². The quantitative estimate of drug-likeness (QED) is 0.906. The molecule has 2 rings (SSSR count). The van der Waals surface area contributed by atoms with Crippen LogP contribution in [0.15, 0.2) is 30.5 Å². The maximum Gasteiger partial charge on any atom is 0.418 e. The number of nitrogens with one attached hydrogen (secondary N) is 1. The number of nitrogens with zero attached hydrogens (tertiary/aromatic N) is 4. The van der Waals surface area contributed by atoms with Gasteiger partial charge in [0.2, 0.25) is 0 Å². The maximum absolute atomic E-state index is 13.0. The Morgan fingerprint density at radius 2 is 2.04 bits per heavy atom. The average Bonchev–Trinajstić information content (AvgIpc) is 3.00. The van der Waals surface area contributed by atoms with Crippen molar-refractivity contribution in [2.24, 2.45) is 0 Å². The molecule has 0 saturated carbocycles. The number of para-hydroxylation sites is 1. The Morgan fingerprint density at radius 1 is 1.35 bits per heavy atom. The monoisotopic (exact) mass is 327 g/mol. The lowest BCUT2D eigenvalue weighted by molar-refractivity contribution is -0.137. The van der Waals surface area contributed by atoms with Gasteiger partial charge < -0.3 is 10.2 Å². The molecule has 0 aliphatic rings. The van der Waals surface area contributed by atoms with Crippen LogP contribution >= 0.6 is 0 Å². The Hall–Kier alpha value is -2.42. The number of benzene rings is 1. The van der Waals surface area contributed by atoms with Gasteiger partial charge in [-0.2, -0.15) is 13.2 Å². The van der Waals surface area contributed by atoms with Crippen LogP contribution in [0.1, 0.15) is 16.1 Å². The second kappa shape index (κ2) is 6.78. The first-order valence-electron chi connectivity index (χ1n) is 6.83. The SMILES string of the molecule is CNCCN(C)C(=O)c1cn(-c2ccccc2C(F)(F)F)nn1. The predicted octanol–water partition coefficient (Wildman–Crippen LogP) is 1.58. The number of hydrogen-bond acceptors (Lipinski definition) is 4. The van der Waals surface area contributed by atoms with Crippen LogP contribution in [0.5, 0.6) is 0 Å². The third kappa shape index (κ3) is 3.86. The summed E-state index contributed by atoms with van der Waals surface area (Å²) in [6.45, 7) is 1.04. The van der Waals surface area contributed by atoms with Crippen molar-refractivity contribution in [2.75, 3.05) is 27.2 Å². The Morgan fingerprint density at radius 3 is 2.70 bits per heavy atom. The second-order valence-corrected chi connectivity index (χ2v) is 4.89. The van der Waals surface area contributed by atoms with Crippen molar-refractivity contribution < 1.29 is 18.0 Å². The first-order chi connectivity index (χ1) is 10.8. The number of likely N-dealkylation sites (N-methyl/N-ethyl adjacent to an activating group) is 2. The molecule has 0 aliphatic heterocycles. The van der Waals surface area contributed by atoms with Gasteiger partial charge in [-0.1, -0.05) is 17.3 Å². The molecule has 0 saturated heterocycles. The molecule has 1 heterocycles. The molecule has 0 bridgehead atoms. The van der Waals surface area contributed by atoms with Crippen molar-refractivity contribution >= 4 is 5.91 Å². The zero-order valence-corrected chi connectivity index (χ0v) is 12.6. The number of alkyl halides is 3. The Bertz CT molecular complexity index is 683. The summed E-state index contributed by atoms with van der Waals surface area (Å²) in [6.07, 6.45) is -3.32. The lowest BCUT2D eigenvalue weighted by atomic mass is 10.1. The van der Waals surface area contributed by atoms with E-state index in [4.69, 9.17) is 0 Å². The highest BCUT2D eigenvalue weighted by molar-refractivity contribution is 5.91. The van der Waals surface area contributed by atoms with Crippen LogP contribution in [0.4, 0.5) is 13.2 Å². The van der Waals surface area contributed by atoms with Crippen molar-refractivity contribution in [1.82, 2.24) is 25.2 Å². The molecule has 6 nitrogen and oxygen atoms in total. The minimum absolute atomic E-state index is 0.0134. The standard InChI is InChI=1S/C14H16F3N5O/c1-18-7-8-21(2)13(23)11-9-22(20-19-11)12-6-4-3-5-10(12)14(15,16)17/h3-6,9,18H,7-8H2,1-2H3. The van der Waals surface area contributed by atoms with Crippen LogP contribution in [-0.2, 0) is 6.18 Å². The zero-order chi connectivity index (χ0) is 17.0. The van der Waals surface area contributed by atoms with Crippen molar-refractivity contribution in [3.8, 4) is 5.69 Å². The molecule has 0 spiro atoms. The van der Waals surface area contributed by atoms with Gasteiger partial charge in [0.15, 0.2) is 5.69 Å². The highest BCUT2D eigenvalue weighted by Crippen LogP contribution is 2.33. The van der Waals surface area contributed by atoms with Gasteiger partial charge in [0.1, 0.15) is 0 Å². The summed E-state index contributed by atoms with van der Waals surface area (Å²) in [5.41, 5.74) is -1.03. The zero-order valence-electron chi connectivity index (χ0n) is 12.6. The molecule has 23 heavy (non-hydrogen) atoms. The number of rotatable bonds is 5. The summed E-state index contributed by atoms with van der Waals surface area (Å²) >= 11 is 0. The fourth-order valence-electron chi connectivity index (χ4n) is 1.97. The Balaban J connectivity index is 2.28. The molecule has 1 N–H and O–H groups in total. The van der Waals surface area contributed by atoms with Gasteiger partial charge in [0.25, 0.3) is 5.91 Å². The van der Waals surface area contributed by atoms with Crippen LogP contribution < -0.4 is 5.32 Å². The van der Waals surface area contributed by atoms with Crippen molar-refractivity contribution in [2.45, 2.75) is 6.18 Å². The van der Waals surface area contributed by atoms with Crippen LogP contribution in [-0.4, -0.2) is 53.0 Å². The lowest BCUT2D eigenvalue weighted by Gasteiger charge is -2.14. The van der Waals surface area contributed by atoms with E-state index in [0.29, 0.717) is 13.1 Å².